The molecule has 0 aliphatic heterocycles. The lowest BCUT2D eigenvalue weighted by Crippen LogP contribution is -2.15. The van der Waals surface area contributed by atoms with Crippen LogP contribution in [0.1, 0.15) is 25.0 Å². The van der Waals surface area contributed by atoms with E-state index in [0.717, 1.165) is 55.6 Å². The van der Waals surface area contributed by atoms with E-state index < -0.39 is 0 Å². The number of fused-ring (bicyclic) bond motifs is 6. The van der Waals surface area contributed by atoms with Crippen LogP contribution >= 0.6 is 0 Å². The lowest BCUT2D eigenvalue weighted by atomic mass is 9.82. The SMILES string of the molecule is CC1(C)c2ccccc2-c2cc(N(c3ccc(-c4cccc5ccc6nc(-c7ccccc7)oc6c45)cc3)c3cccc(-c4ccccc4)c3)ccc21. The summed E-state index contributed by atoms with van der Waals surface area (Å²) in [6.07, 6.45) is 0. The second-order valence-corrected chi connectivity index (χ2v) is 14.4. The molecule has 1 aromatic heterocycles. The van der Waals surface area contributed by atoms with Gasteiger partial charge < -0.3 is 9.32 Å². The Kier molecular flexibility index (Phi) is 7.16. The first-order chi connectivity index (χ1) is 26.0. The van der Waals surface area contributed by atoms with Crippen molar-refractivity contribution in [2.45, 2.75) is 19.3 Å². The van der Waals surface area contributed by atoms with E-state index in [4.69, 9.17) is 9.40 Å². The molecule has 0 fully saturated rings. The summed E-state index contributed by atoms with van der Waals surface area (Å²) in [6.45, 7) is 4.67. The van der Waals surface area contributed by atoms with Gasteiger partial charge >= 0.3 is 0 Å². The maximum Gasteiger partial charge on any atom is 0.227 e. The second kappa shape index (κ2) is 12.2. The van der Waals surface area contributed by atoms with Gasteiger partial charge in [-0.1, -0.05) is 141 Å². The molecule has 9 aromatic rings. The van der Waals surface area contributed by atoms with Crippen molar-refractivity contribution >= 4 is 38.9 Å². The Bertz CT molecular complexity index is 2800. The first kappa shape index (κ1) is 31.1. The molecule has 53 heavy (non-hydrogen) atoms. The number of anilines is 3. The molecule has 0 atom stereocenters. The first-order valence-electron chi connectivity index (χ1n) is 18.2. The molecule has 0 radical (unpaired) electrons. The van der Waals surface area contributed by atoms with E-state index in [9.17, 15) is 0 Å². The number of benzene rings is 8. The molecule has 1 heterocycles. The van der Waals surface area contributed by atoms with Gasteiger partial charge in [0, 0.05) is 33.4 Å². The van der Waals surface area contributed by atoms with Crippen molar-refractivity contribution in [3.05, 3.63) is 193 Å². The van der Waals surface area contributed by atoms with Gasteiger partial charge in [0.1, 0.15) is 5.52 Å². The fourth-order valence-corrected chi connectivity index (χ4v) is 8.24. The van der Waals surface area contributed by atoms with E-state index >= 15 is 0 Å². The van der Waals surface area contributed by atoms with Gasteiger partial charge in [0.05, 0.1) is 0 Å². The van der Waals surface area contributed by atoms with E-state index in [0.29, 0.717) is 5.89 Å². The smallest absolute Gasteiger partial charge is 0.227 e. The molecule has 1 aliphatic rings. The minimum Gasteiger partial charge on any atom is -0.435 e. The van der Waals surface area contributed by atoms with Gasteiger partial charge in [-0.15, -0.1) is 0 Å². The van der Waals surface area contributed by atoms with Crippen LogP contribution in [0.25, 0.3) is 66.7 Å². The van der Waals surface area contributed by atoms with Crippen LogP contribution in [0.4, 0.5) is 17.1 Å². The van der Waals surface area contributed by atoms with Crippen LogP contribution in [0.2, 0.25) is 0 Å². The fraction of sp³-hybridized carbons (Fsp3) is 0.0600. The lowest BCUT2D eigenvalue weighted by Gasteiger charge is -2.28. The Balaban J connectivity index is 1.11. The highest BCUT2D eigenvalue weighted by Gasteiger charge is 2.35. The van der Waals surface area contributed by atoms with E-state index in [1.165, 1.54) is 33.4 Å². The number of hydrogen-bond acceptors (Lipinski definition) is 3. The largest absolute Gasteiger partial charge is 0.435 e. The average molecular weight is 681 g/mol. The molecule has 0 amide bonds. The zero-order valence-corrected chi connectivity index (χ0v) is 29.6. The molecule has 0 N–H and O–H groups in total. The zero-order valence-electron chi connectivity index (χ0n) is 29.6. The quantitative estimate of drug-likeness (QED) is 0.175. The fourth-order valence-electron chi connectivity index (χ4n) is 8.24. The van der Waals surface area contributed by atoms with Gasteiger partial charge in [-0.2, -0.15) is 0 Å². The second-order valence-electron chi connectivity index (χ2n) is 14.4. The third-order valence-electron chi connectivity index (χ3n) is 10.9. The van der Waals surface area contributed by atoms with Crippen LogP contribution in [0, 0.1) is 0 Å². The Morgan fingerprint density at radius 2 is 1.09 bits per heavy atom. The van der Waals surface area contributed by atoms with Crippen LogP contribution in [0.5, 0.6) is 0 Å². The molecule has 0 unspecified atom stereocenters. The minimum atomic E-state index is -0.0561. The molecule has 0 spiro atoms. The third-order valence-corrected chi connectivity index (χ3v) is 10.9. The molecule has 0 bridgehead atoms. The van der Waals surface area contributed by atoms with Gasteiger partial charge in [-0.05, 0) is 104 Å². The van der Waals surface area contributed by atoms with E-state index in [2.05, 4.69) is 170 Å². The highest BCUT2D eigenvalue weighted by molar-refractivity contribution is 6.11. The number of nitrogens with zero attached hydrogens (tertiary/aromatic N) is 2. The van der Waals surface area contributed by atoms with Crippen LogP contribution in [0.3, 0.4) is 0 Å². The molecule has 252 valence electrons. The van der Waals surface area contributed by atoms with Gasteiger partial charge in [0.15, 0.2) is 5.58 Å². The average Bonchev–Trinajstić information content (AvgIpc) is 3.76. The molecular formula is C50H36N2O. The summed E-state index contributed by atoms with van der Waals surface area (Å²) in [5.74, 6) is 0.631. The number of aromatic nitrogens is 1. The van der Waals surface area contributed by atoms with Crippen LogP contribution in [0.15, 0.2) is 186 Å². The molecule has 3 heteroatoms. The summed E-state index contributed by atoms with van der Waals surface area (Å²) in [5, 5.41) is 2.19. The Labute approximate surface area is 309 Å². The molecule has 0 saturated carbocycles. The topological polar surface area (TPSA) is 29.3 Å². The lowest BCUT2D eigenvalue weighted by molar-refractivity contribution is 0.623. The monoisotopic (exact) mass is 680 g/mol. The molecule has 3 nitrogen and oxygen atoms in total. The normalized spacial score (nSPS) is 12.9. The van der Waals surface area contributed by atoms with Gasteiger partial charge in [0.25, 0.3) is 0 Å². The number of hydrogen-bond donors (Lipinski definition) is 0. The van der Waals surface area contributed by atoms with Crippen LogP contribution < -0.4 is 4.90 Å². The highest BCUT2D eigenvalue weighted by atomic mass is 16.3. The Morgan fingerprint density at radius 1 is 0.453 bits per heavy atom. The van der Waals surface area contributed by atoms with Gasteiger partial charge in [0.2, 0.25) is 5.89 Å². The third kappa shape index (κ3) is 5.16. The maximum absolute atomic E-state index is 6.51. The predicted molar refractivity (Wildman–Crippen MR) is 220 cm³/mol. The van der Waals surface area contributed by atoms with Crippen molar-refractivity contribution in [3.63, 3.8) is 0 Å². The predicted octanol–water partition coefficient (Wildman–Crippen LogP) is 13.8. The van der Waals surface area contributed by atoms with E-state index in [1.807, 2.05) is 30.3 Å². The van der Waals surface area contributed by atoms with Gasteiger partial charge in [-0.3, -0.25) is 0 Å². The molecule has 0 saturated heterocycles. The zero-order chi connectivity index (χ0) is 35.5. The summed E-state index contributed by atoms with van der Waals surface area (Å²) >= 11 is 0. The standard InChI is InChI=1S/C50H36N2O/c1-50(2)44-22-10-9-20-42(44)43-32-40(28-29-45(43)50)52(39-19-11-18-37(31-39)33-13-5-3-6-14-33)38-26-23-34(24-27-38)41-21-12-17-35-25-30-46-48(47(35)41)53-49(51-46)36-15-7-4-8-16-36/h3-32H,1-2H3. The summed E-state index contributed by atoms with van der Waals surface area (Å²) in [7, 11) is 0. The van der Waals surface area contributed by atoms with E-state index in [-0.39, 0.29) is 5.41 Å². The Hall–Kier alpha value is -6.71. The van der Waals surface area contributed by atoms with Crippen molar-refractivity contribution in [2.24, 2.45) is 0 Å². The summed E-state index contributed by atoms with van der Waals surface area (Å²) in [4.78, 5) is 7.26. The van der Waals surface area contributed by atoms with Crippen LogP contribution in [-0.4, -0.2) is 4.98 Å². The summed E-state index contributed by atoms with van der Waals surface area (Å²) in [5.41, 5.74) is 15.8. The molecule has 10 rings (SSSR count). The number of rotatable bonds is 6. The molecular weight excluding hydrogens is 645 g/mol. The van der Waals surface area contributed by atoms with Crippen LogP contribution in [-0.2, 0) is 5.41 Å². The van der Waals surface area contributed by atoms with Gasteiger partial charge in [-0.25, -0.2) is 4.98 Å². The number of oxazole rings is 1. The van der Waals surface area contributed by atoms with Crippen molar-refractivity contribution in [2.75, 3.05) is 4.90 Å². The van der Waals surface area contributed by atoms with Crippen molar-refractivity contribution in [1.29, 1.82) is 0 Å². The van der Waals surface area contributed by atoms with E-state index in [1.54, 1.807) is 0 Å². The van der Waals surface area contributed by atoms with Crippen molar-refractivity contribution < 1.29 is 4.42 Å². The van der Waals surface area contributed by atoms with Crippen molar-refractivity contribution in [1.82, 2.24) is 4.98 Å². The summed E-state index contributed by atoms with van der Waals surface area (Å²) in [6, 6.07) is 65.0. The first-order valence-corrected chi connectivity index (χ1v) is 18.2. The minimum absolute atomic E-state index is 0.0561. The molecule has 8 aromatic carbocycles. The molecule has 1 aliphatic carbocycles. The van der Waals surface area contributed by atoms with Crippen molar-refractivity contribution in [3.8, 4) is 44.8 Å². The highest BCUT2D eigenvalue weighted by Crippen LogP contribution is 2.51. The summed E-state index contributed by atoms with van der Waals surface area (Å²) < 4.78 is 6.51. The maximum atomic E-state index is 6.51. The Morgan fingerprint density at radius 3 is 1.91 bits per heavy atom.